The van der Waals surface area contributed by atoms with Crippen LogP contribution in [0.2, 0.25) is 0 Å². The number of hydrazine groups is 1. The molecule has 3 N–H and O–H groups in total. The molecule has 0 heterocycles. The number of ether oxygens (including phenoxy) is 2. The van der Waals surface area contributed by atoms with Crippen LogP contribution in [0.15, 0.2) is 48.5 Å². The molecule has 0 aliphatic rings. The van der Waals surface area contributed by atoms with E-state index in [0.29, 0.717) is 17.1 Å². The zero-order valence-corrected chi connectivity index (χ0v) is 16.8. The molecule has 0 fully saturated rings. The maximum absolute atomic E-state index is 12.2. The van der Waals surface area contributed by atoms with E-state index in [9.17, 15) is 9.59 Å². The molecule has 0 radical (unpaired) electrons. The highest BCUT2D eigenvalue weighted by Crippen LogP contribution is 2.14. The lowest BCUT2D eigenvalue weighted by Crippen LogP contribution is -2.49. The first kappa shape index (κ1) is 21.2. The molecule has 0 saturated heterocycles. The summed E-state index contributed by atoms with van der Waals surface area (Å²) in [7, 11) is 0. The second-order valence-electron chi connectivity index (χ2n) is 6.25. The smallest absolute Gasteiger partial charge is 0.276 e. The van der Waals surface area contributed by atoms with Crippen LogP contribution in [0.25, 0.3) is 0 Å². The minimum atomic E-state index is -0.437. The summed E-state index contributed by atoms with van der Waals surface area (Å²) in [5.74, 6) is 0.427. The molecule has 0 unspecified atom stereocenters. The van der Waals surface area contributed by atoms with Gasteiger partial charge in [0, 0.05) is 5.56 Å². The molecule has 2 rings (SSSR count). The first-order valence-corrected chi connectivity index (χ1v) is 9.10. The quantitative estimate of drug-likeness (QED) is 0.509. The number of carbonyl (C=O) groups is 2. The fraction of sp³-hybridized carbons (Fsp3) is 0.250. The molecule has 0 spiro atoms. The first-order chi connectivity index (χ1) is 13.3. The van der Waals surface area contributed by atoms with Gasteiger partial charge >= 0.3 is 0 Å². The molecule has 2 aromatic carbocycles. The van der Waals surface area contributed by atoms with E-state index in [1.54, 1.807) is 30.3 Å². The van der Waals surface area contributed by atoms with Crippen LogP contribution < -0.4 is 25.6 Å². The van der Waals surface area contributed by atoms with E-state index in [2.05, 4.69) is 16.2 Å². The molecule has 0 atom stereocenters. The van der Waals surface area contributed by atoms with E-state index in [1.165, 1.54) is 0 Å². The average Bonchev–Trinajstić information content (AvgIpc) is 2.65. The Balaban J connectivity index is 1.73. The van der Waals surface area contributed by atoms with Crippen LogP contribution in [-0.2, 0) is 4.79 Å². The summed E-state index contributed by atoms with van der Waals surface area (Å²) in [5, 5.41) is 2.45. The molecule has 0 aliphatic heterocycles. The molecule has 28 heavy (non-hydrogen) atoms. The summed E-state index contributed by atoms with van der Waals surface area (Å²) in [6.45, 7) is 5.58. The van der Waals surface area contributed by atoms with Crippen LogP contribution in [0.3, 0.4) is 0 Å². The molecule has 148 valence electrons. The second-order valence-corrected chi connectivity index (χ2v) is 6.66. The maximum Gasteiger partial charge on any atom is 0.276 e. The van der Waals surface area contributed by atoms with Crippen molar-refractivity contribution in [3.8, 4) is 11.5 Å². The van der Waals surface area contributed by atoms with Gasteiger partial charge in [-0.2, -0.15) is 0 Å². The van der Waals surface area contributed by atoms with Crippen molar-refractivity contribution in [1.29, 1.82) is 0 Å². The van der Waals surface area contributed by atoms with Gasteiger partial charge in [0.2, 0.25) is 0 Å². The molecule has 2 amide bonds. The Morgan fingerprint density at radius 1 is 1.04 bits per heavy atom. The fourth-order valence-electron chi connectivity index (χ4n) is 2.18. The Hall–Kier alpha value is -3.13. The molecular weight excluding hydrogens is 378 g/mol. The standard InChI is InChI=1S/C20H23N3O4S/c1-13(2)27-16-9-7-15(8-10-16)19(25)21-20(28)23-22-18(24)12-26-17-6-4-5-14(3)11-17/h4-11,13H,12H2,1-3H3,(H,22,24)(H2,21,23,25,28). The number of thiocarbonyl (C=S) groups is 1. The average molecular weight is 401 g/mol. The van der Waals surface area contributed by atoms with E-state index < -0.39 is 11.8 Å². The molecule has 0 aromatic heterocycles. The second kappa shape index (κ2) is 10.3. The Morgan fingerprint density at radius 3 is 2.39 bits per heavy atom. The van der Waals surface area contributed by atoms with Crippen molar-refractivity contribution in [2.45, 2.75) is 26.9 Å². The Morgan fingerprint density at radius 2 is 1.75 bits per heavy atom. The predicted molar refractivity (Wildman–Crippen MR) is 110 cm³/mol. The molecule has 0 bridgehead atoms. The highest BCUT2D eigenvalue weighted by atomic mass is 32.1. The monoisotopic (exact) mass is 401 g/mol. The molecule has 0 aliphatic carbocycles. The number of carbonyl (C=O) groups excluding carboxylic acids is 2. The maximum atomic E-state index is 12.2. The summed E-state index contributed by atoms with van der Waals surface area (Å²) in [6, 6.07) is 14.0. The third-order valence-electron chi connectivity index (χ3n) is 3.39. The zero-order valence-electron chi connectivity index (χ0n) is 15.9. The van der Waals surface area contributed by atoms with Gasteiger partial charge in [0.1, 0.15) is 11.5 Å². The molecule has 2 aromatic rings. The molecule has 0 saturated carbocycles. The van der Waals surface area contributed by atoms with Gasteiger partial charge in [0.15, 0.2) is 11.7 Å². The van der Waals surface area contributed by atoms with Crippen molar-refractivity contribution in [1.82, 2.24) is 16.2 Å². The SMILES string of the molecule is Cc1cccc(OCC(=O)NNC(=S)NC(=O)c2ccc(OC(C)C)cc2)c1. The third kappa shape index (κ3) is 7.24. The summed E-state index contributed by atoms with van der Waals surface area (Å²) in [6.07, 6.45) is 0.0509. The summed E-state index contributed by atoms with van der Waals surface area (Å²) in [5.41, 5.74) is 6.27. The van der Waals surface area contributed by atoms with E-state index in [1.807, 2.05) is 39.0 Å². The highest BCUT2D eigenvalue weighted by Gasteiger charge is 2.09. The third-order valence-corrected chi connectivity index (χ3v) is 3.59. The normalized spacial score (nSPS) is 10.1. The Kier molecular flexibility index (Phi) is 7.76. The van der Waals surface area contributed by atoms with Crippen LogP contribution in [-0.4, -0.2) is 29.6 Å². The number of benzene rings is 2. The van der Waals surface area contributed by atoms with E-state index in [4.69, 9.17) is 21.7 Å². The van der Waals surface area contributed by atoms with Crippen LogP contribution in [0, 0.1) is 6.92 Å². The number of hydrogen-bond donors (Lipinski definition) is 3. The lowest BCUT2D eigenvalue weighted by molar-refractivity contribution is -0.123. The molecule has 8 heteroatoms. The van der Waals surface area contributed by atoms with Crippen LogP contribution in [0.4, 0.5) is 0 Å². The van der Waals surface area contributed by atoms with Crippen molar-refractivity contribution in [2.75, 3.05) is 6.61 Å². The van der Waals surface area contributed by atoms with Crippen molar-refractivity contribution < 1.29 is 19.1 Å². The van der Waals surface area contributed by atoms with Crippen LogP contribution in [0.1, 0.15) is 29.8 Å². The summed E-state index contributed by atoms with van der Waals surface area (Å²) >= 11 is 5.00. The van der Waals surface area contributed by atoms with E-state index >= 15 is 0 Å². The molecule has 7 nitrogen and oxygen atoms in total. The van der Waals surface area contributed by atoms with Gasteiger partial charge in [-0.15, -0.1) is 0 Å². The minimum Gasteiger partial charge on any atom is -0.491 e. The van der Waals surface area contributed by atoms with Gasteiger partial charge in [-0.1, -0.05) is 12.1 Å². The topological polar surface area (TPSA) is 88.7 Å². The number of nitrogens with one attached hydrogen (secondary N) is 3. The number of amides is 2. The first-order valence-electron chi connectivity index (χ1n) is 8.70. The Bertz CT molecular complexity index is 838. The van der Waals surface area contributed by atoms with Crippen molar-refractivity contribution in [3.05, 3.63) is 59.7 Å². The van der Waals surface area contributed by atoms with Gasteiger partial charge in [-0.25, -0.2) is 0 Å². The number of rotatable bonds is 6. The predicted octanol–water partition coefficient (Wildman–Crippen LogP) is 2.50. The lowest BCUT2D eigenvalue weighted by atomic mass is 10.2. The number of hydrogen-bond acceptors (Lipinski definition) is 5. The van der Waals surface area contributed by atoms with E-state index in [0.717, 1.165) is 5.56 Å². The summed E-state index contributed by atoms with van der Waals surface area (Å²) < 4.78 is 10.9. The largest absolute Gasteiger partial charge is 0.491 e. The van der Waals surface area contributed by atoms with Gasteiger partial charge in [-0.3, -0.25) is 25.8 Å². The number of aryl methyl sites for hydroxylation is 1. The lowest BCUT2D eigenvalue weighted by Gasteiger charge is -2.12. The molecular formula is C20H23N3O4S. The van der Waals surface area contributed by atoms with Crippen molar-refractivity contribution in [3.63, 3.8) is 0 Å². The van der Waals surface area contributed by atoms with Gasteiger partial charge in [0.25, 0.3) is 11.8 Å². The van der Waals surface area contributed by atoms with Gasteiger partial charge < -0.3 is 9.47 Å². The van der Waals surface area contributed by atoms with Gasteiger partial charge in [-0.05, 0) is 75.0 Å². The Labute approximate surface area is 169 Å². The van der Waals surface area contributed by atoms with E-state index in [-0.39, 0.29) is 17.8 Å². The highest BCUT2D eigenvalue weighted by molar-refractivity contribution is 7.80. The van der Waals surface area contributed by atoms with Crippen molar-refractivity contribution in [2.24, 2.45) is 0 Å². The van der Waals surface area contributed by atoms with Crippen molar-refractivity contribution >= 4 is 29.1 Å². The minimum absolute atomic E-state index is 0.0311. The fourth-order valence-corrected chi connectivity index (χ4v) is 2.32. The van der Waals surface area contributed by atoms with Gasteiger partial charge in [0.05, 0.1) is 6.10 Å². The van der Waals surface area contributed by atoms with Crippen LogP contribution in [0.5, 0.6) is 11.5 Å². The summed E-state index contributed by atoms with van der Waals surface area (Å²) in [4.78, 5) is 24.0. The van der Waals surface area contributed by atoms with Crippen LogP contribution >= 0.6 is 12.2 Å². The zero-order chi connectivity index (χ0) is 20.5.